The molecule has 0 saturated carbocycles. The molecule has 0 bridgehead atoms. The highest BCUT2D eigenvalue weighted by molar-refractivity contribution is 5.95. The molecule has 34 heavy (non-hydrogen) atoms. The molecular formula is C26H34N4O4. The highest BCUT2D eigenvalue weighted by Crippen LogP contribution is 2.46. The fourth-order valence-corrected chi connectivity index (χ4v) is 5.61. The van der Waals surface area contributed by atoms with E-state index in [0.29, 0.717) is 36.5 Å². The minimum atomic E-state index is -0.143. The zero-order valence-corrected chi connectivity index (χ0v) is 20.4. The lowest BCUT2D eigenvalue weighted by Crippen LogP contribution is -2.51. The Morgan fingerprint density at radius 1 is 1.12 bits per heavy atom. The highest BCUT2D eigenvalue weighted by Gasteiger charge is 2.52. The van der Waals surface area contributed by atoms with Crippen LogP contribution >= 0.6 is 0 Å². The summed E-state index contributed by atoms with van der Waals surface area (Å²) >= 11 is 0. The zero-order chi connectivity index (χ0) is 23.8. The van der Waals surface area contributed by atoms with Crippen LogP contribution < -0.4 is 14.4 Å². The molecule has 2 aromatic rings. The summed E-state index contributed by atoms with van der Waals surface area (Å²) in [7, 11) is 3.27. The van der Waals surface area contributed by atoms with E-state index in [1.807, 2.05) is 46.3 Å². The van der Waals surface area contributed by atoms with E-state index >= 15 is 0 Å². The Kier molecular flexibility index (Phi) is 6.36. The summed E-state index contributed by atoms with van der Waals surface area (Å²) in [6, 6.07) is 10.4. The molecule has 2 atom stereocenters. The monoisotopic (exact) mass is 466 g/mol. The Morgan fingerprint density at radius 3 is 2.47 bits per heavy atom. The molecular weight excluding hydrogens is 432 g/mol. The number of urea groups is 1. The van der Waals surface area contributed by atoms with Gasteiger partial charge in [0.2, 0.25) is 0 Å². The molecule has 2 fully saturated rings. The SMILES string of the molecule is COc1cc(CN2C(=O)N3CC(C(C)C)N(C4CCOCC4)C3c3ncccc32)cc(OC)c1. The zero-order valence-electron chi connectivity index (χ0n) is 20.4. The predicted octanol–water partition coefficient (Wildman–Crippen LogP) is 4.06. The maximum Gasteiger partial charge on any atom is 0.326 e. The third-order valence-electron chi connectivity index (χ3n) is 7.31. The van der Waals surface area contributed by atoms with Crippen molar-refractivity contribution in [1.29, 1.82) is 0 Å². The first-order valence-electron chi connectivity index (χ1n) is 12.1. The van der Waals surface area contributed by atoms with Crippen LogP contribution in [-0.4, -0.2) is 66.9 Å². The molecule has 0 radical (unpaired) electrons. The number of carbonyl (C=O) groups is 1. The molecule has 1 aromatic heterocycles. The predicted molar refractivity (Wildman–Crippen MR) is 129 cm³/mol. The molecule has 2 amide bonds. The van der Waals surface area contributed by atoms with Gasteiger partial charge in [0, 0.05) is 44.1 Å². The van der Waals surface area contributed by atoms with Crippen LogP contribution in [0, 0.1) is 5.92 Å². The molecule has 2 saturated heterocycles. The van der Waals surface area contributed by atoms with Crippen LogP contribution in [0.4, 0.5) is 10.5 Å². The Morgan fingerprint density at radius 2 is 1.82 bits per heavy atom. The second-order valence-electron chi connectivity index (χ2n) is 9.63. The van der Waals surface area contributed by atoms with Crippen LogP contribution in [0.25, 0.3) is 0 Å². The number of methoxy groups -OCH3 is 2. The van der Waals surface area contributed by atoms with E-state index < -0.39 is 0 Å². The van der Waals surface area contributed by atoms with Crippen LogP contribution in [0.5, 0.6) is 11.5 Å². The first kappa shape index (κ1) is 22.9. The molecule has 0 aliphatic carbocycles. The number of ether oxygens (including phenoxy) is 3. The summed E-state index contributed by atoms with van der Waals surface area (Å²) in [4.78, 5) is 25.3. The Hall–Kier alpha value is -2.84. The average molecular weight is 467 g/mol. The van der Waals surface area contributed by atoms with E-state index in [1.54, 1.807) is 14.2 Å². The van der Waals surface area contributed by atoms with Gasteiger partial charge in [-0.05, 0) is 48.6 Å². The molecule has 5 rings (SSSR count). The summed E-state index contributed by atoms with van der Waals surface area (Å²) in [6.45, 7) is 7.15. The van der Waals surface area contributed by atoms with Gasteiger partial charge in [-0.1, -0.05) is 13.8 Å². The lowest BCUT2D eigenvalue weighted by atomic mass is 9.98. The van der Waals surface area contributed by atoms with E-state index in [1.165, 1.54) is 0 Å². The second kappa shape index (κ2) is 9.43. The molecule has 1 aromatic carbocycles. The molecule has 0 N–H and O–H groups in total. The molecule has 2 unspecified atom stereocenters. The first-order valence-corrected chi connectivity index (χ1v) is 12.1. The summed E-state index contributed by atoms with van der Waals surface area (Å²) in [5.41, 5.74) is 2.77. The number of fused-ring (bicyclic) bond motifs is 3. The summed E-state index contributed by atoms with van der Waals surface area (Å²) in [5.74, 6) is 1.83. The number of aromatic nitrogens is 1. The molecule has 3 aliphatic rings. The molecule has 8 heteroatoms. The van der Waals surface area contributed by atoms with Crippen molar-refractivity contribution in [3.63, 3.8) is 0 Å². The number of rotatable bonds is 6. The molecule has 182 valence electrons. The number of hydrogen-bond acceptors (Lipinski definition) is 6. The Labute approximate surface area is 201 Å². The van der Waals surface area contributed by atoms with Crippen molar-refractivity contribution in [3.05, 3.63) is 47.8 Å². The number of amides is 2. The minimum absolute atomic E-state index is 0.0208. The topological polar surface area (TPSA) is 67.4 Å². The van der Waals surface area contributed by atoms with Gasteiger partial charge in [-0.25, -0.2) is 4.79 Å². The fraction of sp³-hybridized carbons (Fsp3) is 0.538. The molecule has 8 nitrogen and oxygen atoms in total. The van der Waals surface area contributed by atoms with E-state index in [9.17, 15) is 4.79 Å². The lowest BCUT2D eigenvalue weighted by Gasteiger charge is -2.44. The van der Waals surface area contributed by atoms with Crippen LogP contribution in [0.1, 0.15) is 44.1 Å². The minimum Gasteiger partial charge on any atom is -0.497 e. The number of anilines is 1. The molecule has 3 aliphatic heterocycles. The van der Waals surface area contributed by atoms with Gasteiger partial charge in [-0.15, -0.1) is 0 Å². The van der Waals surface area contributed by atoms with Crippen molar-refractivity contribution in [2.24, 2.45) is 5.92 Å². The first-order chi connectivity index (χ1) is 16.5. The lowest BCUT2D eigenvalue weighted by molar-refractivity contribution is -0.00564. The maximum absolute atomic E-state index is 14.0. The summed E-state index contributed by atoms with van der Waals surface area (Å²) in [6.07, 6.45) is 3.66. The van der Waals surface area contributed by atoms with Gasteiger partial charge >= 0.3 is 6.03 Å². The quantitative estimate of drug-likeness (QED) is 0.640. The van der Waals surface area contributed by atoms with Crippen molar-refractivity contribution >= 4 is 11.7 Å². The third-order valence-corrected chi connectivity index (χ3v) is 7.31. The van der Waals surface area contributed by atoms with Crippen LogP contribution in [-0.2, 0) is 11.3 Å². The van der Waals surface area contributed by atoms with Gasteiger partial charge in [-0.2, -0.15) is 0 Å². The third kappa shape index (κ3) is 3.99. The number of pyridine rings is 1. The number of hydrogen-bond donors (Lipinski definition) is 0. The van der Waals surface area contributed by atoms with Crippen LogP contribution in [0.3, 0.4) is 0 Å². The number of benzene rings is 1. The summed E-state index contributed by atoms with van der Waals surface area (Å²) in [5, 5.41) is 0. The van der Waals surface area contributed by atoms with Gasteiger partial charge in [-0.3, -0.25) is 14.8 Å². The second-order valence-corrected chi connectivity index (χ2v) is 9.63. The molecule has 0 spiro atoms. The maximum atomic E-state index is 14.0. The van der Waals surface area contributed by atoms with Crippen LogP contribution in [0.2, 0.25) is 0 Å². The van der Waals surface area contributed by atoms with E-state index in [-0.39, 0.29) is 18.2 Å². The van der Waals surface area contributed by atoms with E-state index in [4.69, 9.17) is 19.2 Å². The number of carbonyl (C=O) groups excluding carboxylic acids is 1. The molecule has 4 heterocycles. The van der Waals surface area contributed by atoms with E-state index in [0.717, 1.165) is 43.0 Å². The van der Waals surface area contributed by atoms with E-state index in [2.05, 4.69) is 18.7 Å². The van der Waals surface area contributed by atoms with Gasteiger partial charge in [0.15, 0.2) is 0 Å². The van der Waals surface area contributed by atoms with Crippen molar-refractivity contribution in [1.82, 2.24) is 14.8 Å². The number of nitrogens with zero attached hydrogens (tertiary/aromatic N) is 4. The van der Waals surface area contributed by atoms with Gasteiger partial charge in [0.1, 0.15) is 23.4 Å². The van der Waals surface area contributed by atoms with Crippen molar-refractivity contribution in [2.75, 3.05) is 38.9 Å². The standard InChI is InChI=1S/C26H34N4O4/c1-17(2)23-16-29-25(30(23)19-7-10-34-11-8-19)24-22(6-5-9-27-24)28(26(29)31)15-18-12-20(32-3)14-21(13-18)33-4/h5-6,9,12-14,17,19,23,25H,7-8,10-11,15-16H2,1-4H3. The largest absolute Gasteiger partial charge is 0.497 e. The van der Waals surface area contributed by atoms with Crippen molar-refractivity contribution in [2.45, 2.75) is 51.5 Å². The van der Waals surface area contributed by atoms with Gasteiger partial charge in [0.25, 0.3) is 0 Å². The van der Waals surface area contributed by atoms with Gasteiger partial charge in [0.05, 0.1) is 26.5 Å². The Bertz CT molecular complexity index is 1020. The highest BCUT2D eigenvalue weighted by atomic mass is 16.5. The Balaban J connectivity index is 1.54. The normalized spacial score (nSPS) is 23.3. The average Bonchev–Trinajstić information content (AvgIpc) is 3.28. The smallest absolute Gasteiger partial charge is 0.326 e. The van der Waals surface area contributed by atoms with Crippen LogP contribution in [0.15, 0.2) is 36.5 Å². The fourth-order valence-electron chi connectivity index (χ4n) is 5.61. The summed E-state index contributed by atoms with van der Waals surface area (Å²) < 4.78 is 16.6. The van der Waals surface area contributed by atoms with Crippen molar-refractivity contribution < 1.29 is 19.0 Å². The van der Waals surface area contributed by atoms with Gasteiger partial charge < -0.3 is 19.1 Å². The van der Waals surface area contributed by atoms with Crippen molar-refractivity contribution in [3.8, 4) is 11.5 Å².